The van der Waals surface area contributed by atoms with Crippen LogP contribution in [-0.2, 0) is 35.7 Å². The number of aliphatic hydroxyl groups excluding tert-OH is 1. The minimum Gasteiger partial charge on any atom is -0.391 e. The molecule has 1 unspecified atom stereocenters. The van der Waals surface area contributed by atoms with Gasteiger partial charge in [-0.1, -0.05) is 103 Å². The Hall–Kier alpha value is -4.85. The molecule has 1 atom stereocenters. The van der Waals surface area contributed by atoms with Gasteiger partial charge in [0, 0.05) is 39.1 Å². The quantitative estimate of drug-likeness (QED) is 0.0939. The third-order valence-corrected chi connectivity index (χ3v) is 17.7. The fourth-order valence-corrected chi connectivity index (χ4v) is 14.1. The largest absolute Gasteiger partial charge is 0.391 e. The second kappa shape index (κ2) is 22.6. The van der Waals surface area contributed by atoms with E-state index in [9.17, 15) is 23.7 Å². The molecular formula is C50H47NO8P2S4. The van der Waals surface area contributed by atoms with E-state index in [2.05, 4.69) is 71.4 Å². The minimum atomic E-state index is -4.70. The number of carbonyl (C=O) groups excluding carboxylic acids is 1. The molecule has 0 spiro atoms. The van der Waals surface area contributed by atoms with Gasteiger partial charge in [-0.3, -0.25) is 13.9 Å². The Morgan fingerprint density at radius 1 is 0.569 bits per heavy atom. The Kier molecular flexibility index (Phi) is 16.7. The predicted molar refractivity (Wildman–Crippen MR) is 275 cm³/mol. The van der Waals surface area contributed by atoms with Gasteiger partial charge in [0.15, 0.2) is 5.66 Å². The van der Waals surface area contributed by atoms with Crippen LogP contribution in [0.15, 0.2) is 169 Å². The summed E-state index contributed by atoms with van der Waals surface area (Å²) in [6, 6.07) is 53.1. The molecule has 15 heteroatoms. The van der Waals surface area contributed by atoms with Gasteiger partial charge in [-0.2, -0.15) is 0 Å². The molecule has 0 aliphatic rings. The Morgan fingerprint density at radius 3 is 1.60 bits per heavy atom. The Labute approximate surface area is 393 Å². The lowest BCUT2D eigenvalue weighted by Gasteiger charge is -2.17. The standard InChI is InChI=1S/C20H16NO4PS.C13H17O3PS.C9H8OS.C8H6S/c22-20(21-16-10-9-13-5-1-2-6-14(13)11-16)19(26(23,24)25)18-12-15-7-3-4-8-17(15)27-18;1-3-15-17(14,16-4-2)10-12-9-11-7-5-6-8-13(11)18-12;10-6-8-5-7-3-1-2-4-9(7)11-8;1-2-4-8-7(3-1)5-6-9-8/h1-12,19H,(H,21,22)(H2,23,24,25);5-9H,3-4,10H2,1-2H3;1-5,10H,6H2;1-6H. The highest BCUT2D eigenvalue weighted by molar-refractivity contribution is 7.54. The van der Waals surface area contributed by atoms with Crippen LogP contribution in [0.1, 0.15) is 34.1 Å². The Morgan fingerprint density at radius 2 is 1.06 bits per heavy atom. The lowest BCUT2D eigenvalue weighted by molar-refractivity contribution is -0.116. The van der Waals surface area contributed by atoms with Crippen molar-refractivity contribution in [3.05, 3.63) is 184 Å². The van der Waals surface area contributed by atoms with Gasteiger partial charge in [-0.15, -0.1) is 45.3 Å². The lowest BCUT2D eigenvalue weighted by Crippen LogP contribution is -2.20. The molecule has 10 aromatic rings. The van der Waals surface area contributed by atoms with Gasteiger partial charge in [-0.25, -0.2) is 0 Å². The van der Waals surface area contributed by atoms with Crippen molar-refractivity contribution in [2.45, 2.75) is 32.3 Å². The maximum atomic E-state index is 12.8. The van der Waals surface area contributed by atoms with Gasteiger partial charge in [0.2, 0.25) is 5.91 Å². The van der Waals surface area contributed by atoms with Crippen LogP contribution in [0.3, 0.4) is 0 Å². The Balaban J connectivity index is 0.000000142. The lowest BCUT2D eigenvalue weighted by atomic mass is 10.1. The summed E-state index contributed by atoms with van der Waals surface area (Å²) in [6.07, 6.45) is 0.355. The van der Waals surface area contributed by atoms with Crippen LogP contribution in [0.2, 0.25) is 0 Å². The maximum Gasteiger partial charge on any atom is 0.343 e. The third kappa shape index (κ3) is 12.9. The smallest absolute Gasteiger partial charge is 0.343 e. The van der Waals surface area contributed by atoms with E-state index >= 15 is 0 Å². The van der Waals surface area contributed by atoms with Crippen LogP contribution in [0.25, 0.3) is 51.1 Å². The summed E-state index contributed by atoms with van der Waals surface area (Å²) in [4.78, 5) is 34.9. The number of amides is 1. The number of benzene rings is 6. The fraction of sp³-hybridized carbons (Fsp3) is 0.140. The van der Waals surface area contributed by atoms with E-state index in [1.807, 2.05) is 98.8 Å². The molecule has 4 N–H and O–H groups in total. The molecule has 1 amide bonds. The fourth-order valence-electron chi connectivity index (χ4n) is 6.91. The molecule has 10 rings (SSSR count). The average Bonchev–Trinajstić information content (AvgIpc) is 4.12. The zero-order chi connectivity index (χ0) is 45.8. The van der Waals surface area contributed by atoms with Crippen molar-refractivity contribution in [1.29, 1.82) is 0 Å². The molecular weight excluding hydrogens is 933 g/mol. The highest BCUT2D eigenvalue weighted by Crippen LogP contribution is 2.55. The average molecular weight is 980 g/mol. The van der Waals surface area contributed by atoms with E-state index in [-0.39, 0.29) is 6.61 Å². The van der Waals surface area contributed by atoms with Crippen LogP contribution >= 0.6 is 60.5 Å². The first-order valence-corrected chi connectivity index (χ1v) is 27.4. The molecule has 0 fully saturated rings. The van der Waals surface area contributed by atoms with Crippen molar-refractivity contribution in [2.24, 2.45) is 0 Å². The van der Waals surface area contributed by atoms with Gasteiger partial charge < -0.3 is 29.3 Å². The van der Waals surface area contributed by atoms with E-state index in [1.54, 1.807) is 52.2 Å². The SMILES string of the molecule is CCOP(=O)(Cc1cc2ccccc2s1)OCC.O=C(Nc1ccc2ccccc2c1)C(c1cc2ccccc2s1)P(=O)(O)O.OCc1cc2ccccc2s1.c1ccc2sccc2c1. The number of nitrogens with one attached hydrogen (secondary N) is 1. The minimum absolute atomic E-state index is 0.152. The molecule has 0 radical (unpaired) electrons. The molecule has 4 heterocycles. The molecule has 9 nitrogen and oxygen atoms in total. The first-order valence-electron chi connectivity index (χ1n) is 20.6. The highest BCUT2D eigenvalue weighted by atomic mass is 32.1. The molecule has 0 bridgehead atoms. The normalized spacial score (nSPS) is 12.0. The highest BCUT2D eigenvalue weighted by Gasteiger charge is 2.38. The molecule has 6 aromatic carbocycles. The molecule has 334 valence electrons. The topological polar surface area (TPSA) is 142 Å². The van der Waals surface area contributed by atoms with E-state index in [1.165, 1.54) is 41.6 Å². The monoisotopic (exact) mass is 979 g/mol. The van der Waals surface area contributed by atoms with Crippen LogP contribution in [0.4, 0.5) is 5.69 Å². The summed E-state index contributed by atoms with van der Waals surface area (Å²) in [6.45, 7) is 4.62. The number of anilines is 1. The van der Waals surface area contributed by atoms with E-state index in [0.717, 1.165) is 30.6 Å². The number of fused-ring (bicyclic) bond motifs is 5. The molecule has 65 heavy (non-hydrogen) atoms. The number of rotatable bonds is 11. The van der Waals surface area contributed by atoms with Crippen molar-refractivity contribution in [3.8, 4) is 0 Å². The summed E-state index contributed by atoms with van der Waals surface area (Å²) < 4.78 is 39.8. The van der Waals surface area contributed by atoms with Crippen molar-refractivity contribution in [2.75, 3.05) is 18.5 Å². The Bertz CT molecular complexity index is 3100. The van der Waals surface area contributed by atoms with Gasteiger partial charge >= 0.3 is 15.2 Å². The number of hydrogen-bond donors (Lipinski definition) is 4. The summed E-state index contributed by atoms with van der Waals surface area (Å²) in [5, 5.41) is 20.2. The maximum absolute atomic E-state index is 12.8. The number of aliphatic hydroxyl groups is 1. The van der Waals surface area contributed by atoms with Gasteiger partial charge in [0.25, 0.3) is 0 Å². The molecule has 0 aliphatic carbocycles. The van der Waals surface area contributed by atoms with Gasteiger partial charge in [0.05, 0.1) is 26.0 Å². The summed E-state index contributed by atoms with van der Waals surface area (Å²) >= 11 is 6.30. The zero-order valence-electron chi connectivity index (χ0n) is 35.5. The number of thiophene rings is 4. The predicted octanol–water partition coefficient (Wildman–Crippen LogP) is 14.9. The molecule has 4 aromatic heterocycles. The van der Waals surface area contributed by atoms with Crippen molar-refractivity contribution >= 4 is 123 Å². The van der Waals surface area contributed by atoms with E-state index in [0.29, 0.717) is 29.9 Å². The van der Waals surface area contributed by atoms with Crippen molar-refractivity contribution in [1.82, 2.24) is 0 Å². The van der Waals surface area contributed by atoms with Crippen LogP contribution in [-0.4, -0.2) is 34.0 Å². The molecule has 0 saturated heterocycles. The van der Waals surface area contributed by atoms with Crippen LogP contribution in [0, 0.1) is 0 Å². The first kappa shape index (κ1) is 48.1. The molecule has 0 aliphatic heterocycles. The summed E-state index contributed by atoms with van der Waals surface area (Å²) in [5.41, 5.74) is -1.04. The van der Waals surface area contributed by atoms with Gasteiger partial charge in [-0.05, 0) is 112 Å². The summed E-state index contributed by atoms with van der Waals surface area (Å²) in [7, 11) is -7.68. The van der Waals surface area contributed by atoms with Gasteiger partial charge in [0.1, 0.15) is 0 Å². The molecule has 0 saturated carbocycles. The summed E-state index contributed by atoms with van der Waals surface area (Å²) in [5.74, 6) is -0.717. The van der Waals surface area contributed by atoms with Crippen molar-refractivity contribution < 1.29 is 37.9 Å². The van der Waals surface area contributed by atoms with Crippen LogP contribution < -0.4 is 5.32 Å². The second-order valence-corrected chi connectivity index (χ2v) is 22.6. The third-order valence-electron chi connectivity index (χ3n) is 9.79. The van der Waals surface area contributed by atoms with Crippen LogP contribution in [0.5, 0.6) is 0 Å². The first-order chi connectivity index (χ1) is 31.4. The second-order valence-electron chi connectivity index (χ2n) is 14.5. The zero-order valence-corrected chi connectivity index (χ0v) is 40.5. The number of carbonyl (C=O) groups is 1. The van der Waals surface area contributed by atoms with Crippen molar-refractivity contribution in [3.63, 3.8) is 0 Å². The van der Waals surface area contributed by atoms with E-state index in [4.69, 9.17) is 14.2 Å². The van der Waals surface area contributed by atoms with E-state index < -0.39 is 26.8 Å². The number of hydrogen-bond acceptors (Lipinski definition) is 10.